The molecular weight excluding hydrogens is 504 g/mol. The summed E-state index contributed by atoms with van der Waals surface area (Å²) in [5.74, 6) is -2.85. The number of anilines is 1. The molecule has 0 aliphatic heterocycles. The van der Waals surface area contributed by atoms with Gasteiger partial charge in [0.25, 0.3) is 0 Å². The Bertz CT molecular complexity index is 1220. The van der Waals surface area contributed by atoms with Gasteiger partial charge in [-0.15, -0.1) is 0 Å². The van der Waals surface area contributed by atoms with Crippen molar-refractivity contribution in [2.75, 3.05) is 24.2 Å². The SMILES string of the molecule is COc1cccc(CN(C(=O)CN(c2ccc(F)c(F)c2)S(C)(=O)=O)[C@@H](C)C(=O)NC2CCCCC2)c1. The third kappa shape index (κ3) is 7.64. The number of nitrogens with zero attached hydrogens (tertiary/aromatic N) is 2. The van der Waals surface area contributed by atoms with Gasteiger partial charge in [-0.05, 0) is 49.6 Å². The number of ether oxygens (including phenoxy) is 1. The molecule has 0 radical (unpaired) electrons. The summed E-state index contributed by atoms with van der Waals surface area (Å²) < 4.78 is 58.4. The quantitative estimate of drug-likeness (QED) is 0.500. The number of halogens is 2. The number of hydrogen-bond donors (Lipinski definition) is 1. The molecule has 37 heavy (non-hydrogen) atoms. The van der Waals surface area contributed by atoms with Crippen molar-refractivity contribution >= 4 is 27.5 Å². The van der Waals surface area contributed by atoms with Gasteiger partial charge in [0.15, 0.2) is 11.6 Å². The fourth-order valence-corrected chi connectivity index (χ4v) is 5.21. The topological polar surface area (TPSA) is 96.0 Å². The number of nitrogens with one attached hydrogen (secondary N) is 1. The summed E-state index contributed by atoms with van der Waals surface area (Å²) in [5.41, 5.74) is 0.471. The van der Waals surface area contributed by atoms with Gasteiger partial charge in [0.05, 0.1) is 19.1 Å². The highest BCUT2D eigenvalue weighted by molar-refractivity contribution is 7.92. The van der Waals surface area contributed by atoms with Gasteiger partial charge in [0.1, 0.15) is 18.3 Å². The molecule has 0 unspecified atom stereocenters. The van der Waals surface area contributed by atoms with Gasteiger partial charge in [-0.25, -0.2) is 17.2 Å². The van der Waals surface area contributed by atoms with Crippen LogP contribution >= 0.6 is 0 Å². The molecule has 2 amide bonds. The number of sulfonamides is 1. The second kappa shape index (κ2) is 12.4. The van der Waals surface area contributed by atoms with Crippen molar-refractivity contribution in [2.45, 2.75) is 57.7 Å². The zero-order valence-electron chi connectivity index (χ0n) is 21.2. The summed E-state index contributed by atoms with van der Waals surface area (Å²) in [6, 6.07) is 8.65. The largest absolute Gasteiger partial charge is 0.497 e. The van der Waals surface area contributed by atoms with E-state index in [1.807, 2.05) is 0 Å². The van der Waals surface area contributed by atoms with Crippen LogP contribution in [0.5, 0.6) is 5.75 Å². The van der Waals surface area contributed by atoms with Crippen LogP contribution in [0.1, 0.15) is 44.6 Å². The Balaban J connectivity index is 1.89. The van der Waals surface area contributed by atoms with E-state index in [4.69, 9.17) is 4.74 Å². The molecule has 2 aromatic rings. The first-order chi connectivity index (χ1) is 17.5. The second-order valence-electron chi connectivity index (χ2n) is 9.26. The summed E-state index contributed by atoms with van der Waals surface area (Å²) in [4.78, 5) is 28.0. The van der Waals surface area contributed by atoms with Crippen LogP contribution in [0.3, 0.4) is 0 Å². The Morgan fingerprint density at radius 3 is 2.41 bits per heavy atom. The van der Waals surface area contributed by atoms with Crippen molar-refractivity contribution in [3.8, 4) is 5.75 Å². The van der Waals surface area contributed by atoms with E-state index < -0.39 is 40.2 Å². The maximum absolute atomic E-state index is 13.9. The van der Waals surface area contributed by atoms with Gasteiger partial charge >= 0.3 is 0 Å². The maximum Gasteiger partial charge on any atom is 0.244 e. The molecular formula is C26H33F2N3O5S. The Morgan fingerprint density at radius 2 is 1.78 bits per heavy atom. The van der Waals surface area contributed by atoms with E-state index in [2.05, 4.69) is 5.32 Å². The average molecular weight is 538 g/mol. The molecule has 0 spiro atoms. The van der Waals surface area contributed by atoms with E-state index in [-0.39, 0.29) is 24.2 Å². The number of hydrogen-bond acceptors (Lipinski definition) is 5. The van der Waals surface area contributed by atoms with Gasteiger partial charge in [0.2, 0.25) is 21.8 Å². The lowest BCUT2D eigenvalue weighted by Gasteiger charge is -2.33. The molecule has 3 rings (SSSR count). The van der Waals surface area contributed by atoms with E-state index in [1.165, 1.54) is 12.0 Å². The molecule has 1 atom stereocenters. The van der Waals surface area contributed by atoms with E-state index in [1.54, 1.807) is 31.2 Å². The molecule has 0 bridgehead atoms. The van der Waals surface area contributed by atoms with Crippen molar-refractivity contribution < 1.29 is 31.5 Å². The van der Waals surface area contributed by atoms with Crippen LogP contribution < -0.4 is 14.4 Å². The van der Waals surface area contributed by atoms with Crippen LogP contribution in [0.25, 0.3) is 0 Å². The van der Waals surface area contributed by atoms with Gasteiger partial charge in [-0.1, -0.05) is 31.4 Å². The second-order valence-corrected chi connectivity index (χ2v) is 11.2. The minimum atomic E-state index is -4.05. The molecule has 1 aliphatic carbocycles. The minimum absolute atomic E-state index is 0.00463. The van der Waals surface area contributed by atoms with Crippen LogP contribution in [0.15, 0.2) is 42.5 Å². The van der Waals surface area contributed by atoms with Gasteiger partial charge in [-0.2, -0.15) is 0 Å². The number of benzene rings is 2. The predicted octanol–water partition coefficient (Wildman–Crippen LogP) is 3.61. The third-order valence-electron chi connectivity index (χ3n) is 6.48. The summed E-state index contributed by atoms with van der Waals surface area (Å²) in [7, 11) is -2.54. The summed E-state index contributed by atoms with van der Waals surface area (Å²) in [6.07, 6.45) is 5.74. The fraction of sp³-hybridized carbons (Fsp3) is 0.462. The first-order valence-corrected chi connectivity index (χ1v) is 14.0. The normalized spacial score (nSPS) is 15.1. The van der Waals surface area contributed by atoms with Gasteiger partial charge in [-0.3, -0.25) is 13.9 Å². The predicted molar refractivity (Wildman–Crippen MR) is 137 cm³/mol. The van der Waals surface area contributed by atoms with E-state index >= 15 is 0 Å². The van der Waals surface area contributed by atoms with Crippen molar-refractivity contribution in [2.24, 2.45) is 0 Å². The monoisotopic (exact) mass is 537 g/mol. The number of carbonyl (C=O) groups excluding carboxylic acids is 2. The third-order valence-corrected chi connectivity index (χ3v) is 7.62. The van der Waals surface area contributed by atoms with E-state index in [9.17, 15) is 26.8 Å². The number of carbonyl (C=O) groups is 2. The molecule has 1 N–H and O–H groups in total. The molecule has 0 saturated heterocycles. The molecule has 2 aromatic carbocycles. The zero-order chi connectivity index (χ0) is 27.2. The molecule has 1 aliphatic rings. The number of amides is 2. The van der Waals surface area contributed by atoms with E-state index in [0.717, 1.165) is 56.6 Å². The fourth-order valence-electron chi connectivity index (χ4n) is 4.37. The molecule has 1 fully saturated rings. The highest BCUT2D eigenvalue weighted by Crippen LogP contribution is 2.23. The lowest BCUT2D eigenvalue weighted by Crippen LogP contribution is -2.53. The van der Waals surface area contributed by atoms with E-state index in [0.29, 0.717) is 15.6 Å². The van der Waals surface area contributed by atoms with Crippen molar-refractivity contribution in [3.05, 3.63) is 59.7 Å². The maximum atomic E-state index is 13.9. The molecule has 0 aromatic heterocycles. The van der Waals surface area contributed by atoms with Crippen molar-refractivity contribution in [1.82, 2.24) is 10.2 Å². The molecule has 202 valence electrons. The highest BCUT2D eigenvalue weighted by Gasteiger charge is 2.31. The van der Waals surface area contributed by atoms with Crippen LogP contribution in [-0.4, -0.2) is 57.1 Å². The average Bonchev–Trinajstić information content (AvgIpc) is 2.87. The summed E-state index contributed by atoms with van der Waals surface area (Å²) in [5, 5.41) is 3.01. The Kier molecular flexibility index (Phi) is 9.47. The molecule has 0 heterocycles. The van der Waals surface area contributed by atoms with Crippen LogP contribution in [0, 0.1) is 11.6 Å². The standard InChI is InChI=1S/C26H33F2N3O5S/c1-18(26(33)29-20-9-5-4-6-10-20)30(16-19-8-7-11-22(14-19)36-2)25(32)17-31(37(3,34)35)21-12-13-23(27)24(28)15-21/h7-8,11-15,18,20H,4-6,9-10,16-17H2,1-3H3,(H,29,33)/t18-/m0/s1. The number of rotatable bonds is 10. The van der Waals surface area contributed by atoms with Crippen molar-refractivity contribution in [3.63, 3.8) is 0 Å². The molecule has 11 heteroatoms. The summed E-state index contributed by atoms with van der Waals surface area (Å²) >= 11 is 0. The Morgan fingerprint density at radius 1 is 1.08 bits per heavy atom. The Hall–Kier alpha value is -3.21. The summed E-state index contributed by atoms with van der Waals surface area (Å²) in [6.45, 7) is 0.887. The van der Waals surface area contributed by atoms with Crippen LogP contribution in [0.2, 0.25) is 0 Å². The van der Waals surface area contributed by atoms with Gasteiger partial charge < -0.3 is 15.0 Å². The van der Waals surface area contributed by atoms with Crippen molar-refractivity contribution in [1.29, 1.82) is 0 Å². The molecule has 1 saturated carbocycles. The highest BCUT2D eigenvalue weighted by atomic mass is 32.2. The van der Waals surface area contributed by atoms with Crippen LogP contribution in [0.4, 0.5) is 14.5 Å². The van der Waals surface area contributed by atoms with Gasteiger partial charge in [0, 0.05) is 18.7 Å². The number of methoxy groups -OCH3 is 1. The smallest absolute Gasteiger partial charge is 0.244 e. The first-order valence-electron chi connectivity index (χ1n) is 12.1. The first kappa shape index (κ1) is 28.4. The molecule has 8 nitrogen and oxygen atoms in total. The minimum Gasteiger partial charge on any atom is -0.497 e. The zero-order valence-corrected chi connectivity index (χ0v) is 22.1. The lowest BCUT2D eigenvalue weighted by atomic mass is 9.95. The van der Waals surface area contributed by atoms with Crippen LogP contribution in [-0.2, 0) is 26.2 Å². The lowest BCUT2D eigenvalue weighted by molar-refractivity contribution is -0.139. The Labute approximate surface area is 216 Å².